The molecule has 5 heteroatoms. The number of hydrogen-bond donors (Lipinski definition) is 0. The summed E-state index contributed by atoms with van der Waals surface area (Å²) in [5, 5.41) is 1.40. The van der Waals surface area contributed by atoms with E-state index in [1.807, 2.05) is 84.9 Å². The molecule has 0 saturated carbocycles. The van der Waals surface area contributed by atoms with Gasteiger partial charge in [-0.2, -0.15) is 0 Å². The molecule has 0 spiro atoms. The molecule has 0 aliphatic carbocycles. The van der Waals surface area contributed by atoms with Gasteiger partial charge in [0.15, 0.2) is 5.16 Å². The maximum absolute atomic E-state index is 13.1. The Balaban J connectivity index is 1.50. The number of aromatic nitrogens is 2. The van der Waals surface area contributed by atoms with Gasteiger partial charge in [0.25, 0.3) is 5.56 Å². The van der Waals surface area contributed by atoms with Crippen LogP contribution in [0.1, 0.15) is 12.0 Å². The molecule has 3 aromatic carbocycles. The van der Waals surface area contributed by atoms with Gasteiger partial charge in [0, 0.05) is 5.75 Å². The molecule has 1 aromatic heterocycles. The highest BCUT2D eigenvalue weighted by molar-refractivity contribution is 7.99. The molecular formula is C24H22N2O2S. The highest BCUT2D eigenvalue weighted by Gasteiger charge is 2.12. The van der Waals surface area contributed by atoms with Crippen LogP contribution in [0, 0.1) is 0 Å². The summed E-state index contributed by atoms with van der Waals surface area (Å²) in [4.78, 5) is 17.9. The number of ether oxygens (including phenoxy) is 1. The maximum atomic E-state index is 13.1. The Hall–Kier alpha value is -3.05. The number of para-hydroxylation sites is 2. The Bertz CT molecular complexity index is 1130. The van der Waals surface area contributed by atoms with E-state index in [1.54, 1.807) is 16.3 Å². The van der Waals surface area contributed by atoms with Crippen LogP contribution in [0.4, 0.5) is 0 Å². The normalized spacial score (nSPS) is 10.9. The number of nitrogens with zero attached hydrogens (tertiary/aromatic N) is 2. The third-order valence-corrected chi connectivity index (χ3v) is 5.60. The molecule has 0 aliphatic heterocycles. The summed E-state index contributed by atoms with van der Waals surface area (Å²) in [7, 11) is 0. The molecule has 146 valence electrons. The number of benzene rings is 3. The monoisotopic (exact) mass is 402 g/mol. The van der Waals surface area contributed by atoms with E-state index >= 15 is 0 Å². The zero-order chi connectivity index (χ0) is 19.9. The van der Waals surface area contributed by atoms with E-state index in [4.69, 9.17) is 9.72 Å². The van der Waals surface area contributed by atoms with Gasteiger partial charge >= 0.3 is 0 Å². The smallest absolute Gasteiger partial charge is 0.262 e. The summed E-state index contributed by atoms with van der Waals surface area (Å²) < 4.78 is 7.54. The van der Waals surface area contributed by atoms with E-state index in [9.17, 15) is 4.79 Å². The maximum Gasteiger partial charge on any atom is 0.262 e. The van der Waals surface area contributed by atoms with Crippen LogP contribution in [0.15, 0.2) is 94.9 Å². The molecule has 0 N–H and O–H groups in total. The Morgan fingerprint density at radius 1 is 0.862 bits per heavy atom. The zero-order valence-electron chi connectivity index (χ0n) is 16.0. The van der Waals surface area contributed by atoms with Crippen molar-refractivity contribution >= 4 is 22.7 Å². The van der Waals surface area contributed by atoms with Crippen LogP contribution in [0.5, 0.6) is 5.75 Å². The lowest BCUT2D eigenvalue weighted by atomic mass is 10.2. The minimum absolute atomic E-state index is 0.00230. The zero-order valence-corrected chi connectivity index (χ0v) is 16.8. The molecule has 4 nitrogen and oxygen atoms in total. The summed E-state index contributed by atoms with van der Waals surface area (Å²) in [6, 6.07) is 27.4. The second-order valence-corrected chi connectivity index (χ2v) is 7.71. The first-order valence-electron chi connectivity index (χ1n) is 9.65. The average molecular weight is 403 g/mol. The van der Waals surface area contributed by atoms with Crippen LogP contribution in [-0.4, -0.2) is 21.9 Å². The Morgan fingerprint density at radius 2 is 1.55 bits per heavy atom. The molecule has 4 rings (SSSR count). The Morgan fingerprint density at radius 3 is 2.34 bits per heavy atom. The molecule has 0 radical (unpaired) electrons. The number of thioether (sulfide) groups is 1. The summed E-state index contributed by atoms with van der Waals surface area (Å²) >= 11 is 1.60. The van der Waals surface area contributed by atoms with Crippen LogP contribution in [0.25, 0.3) is 10.9 Å². The number of hydrogen-bond acceptors (Lipinski definition) is 4. The van der Waals surface area contributed by atoms with Crippen molar-refractivity contribution in [2.45, 2.75) is 18.1 Å². The van der Waals surface area contributed by atoms with Gasteiger partial charge in [0.2, 0.25) is 0 Å². The first-order valence-corrected chi connectivity index (χ1v) is 10.6. The lowest BCUT2D eigenvalue weighted by Crippen LogP contribution is -2.24. The van der Waals surface area contributed by atoms with Gasteiger partial charge in [0.1, 0.15) is 5.75 Å². The van der Waals surface area contributed by atoms with Crippen molar-refractivity contribution in [3.63, 3.8) is 0 Å². The quantitative estimate of drug-likeness (QED) is 0.236. The molecule has 0 bridgehead atoms. The van der Waals surface area contributed by atoms with Crippen LogP contribution in [-0.2, 0) is 6.54 Å². The molecule has 0 aliphatic rings. The van der Waals surface area contributed by atoms with Crippen LogP contribution in [0.2, 0.25) is 0 Å². The Kier molecular flexibility index (Phi) is 6.27. The predicted molar refractivity (Wildman–Crippen MR) is 119 cm³/mol. The summed E-state index contributed by atoms with van der Waals surface area (Å²) in [5.74, 6) is 1.70. The van der Waals surface area contributed by atoms with Gasteiger partial charge in [-0.15, -0.1) is 0 Å². The van der Waals surface area contributed by atoms with Crippen molar-refractivity contribution in [1.82, 2.24) is 9.55 Å². The molecule has 0 amide bonds. The molecule has 0 unspecified atom stereocenters. The van der Waals surface area contributed by atoms with E-state index in [0.29, 0.717) is 18.5 Å². The average Bonchev–Trinajstić information content (AvgIpc) is 2.77. The molecule has 29 heavy (non-hydrogen) atoms. The van der Waals surface area contributed by atoms with Crippen molar-refractivity contribution in [2.75, 3.05) is 12.4 Å². The number of rotatable bonds is 8. The first-order chi connectivity index (χ1) is 14.3. The minimum Gasteiger partial charge on any atom is -0.494 e. The van der Waals surface area contributed by atoms with Crippen LogP contribution >= 0.6 is 11.8 Å². The second-order valence-electron chi connectivity index (χ2n) is 6.65. The van der Waals surface area contributed by atoms with Crippen molar-refractivity contribution in [3.05, 3.63) is 101 Å². The summed E-state index contributed by atoms with van der Waals surface area (Å²) in [6.07, 6.45) is 0.869. The Labute approximate surface area is 174 Å². The van der Waals surface area contributed by atoms with Crippen LogP contribution < -0.4 is 10.3 Å². The molecule has 4 aromatic rings. The highest BCUT2D eigenvalue weighted by Crippen LogP contribution is 2.20. The van der Waals surface area contributed by atoms with Gasteiger partial charge in [-0.1, -0.05) is 72.4 Å². The fourth-order valence-corrected chi connectivity index (χ4v) is 4.00. The lowest BCUT2D eigenvalue weighted by molar-refractivity contribution is 0.318. The van der Waals surface area contributed by atoms with Gasteiger partial charge in [-0.05, 0) is 36.2 Å². The summed E-state index contributed by atoms with van der Waals surface area (Å²) in [6.45, 7) is 1.15. The second kappa shape index (κ2) is 9.43. The van der Waals surface area contributed by atoms with Gasteiger partial charge in [-0.25, -0.2) is 4.98 Å². The molecule has 0 saturated heterocycles. The third-order valence-electron chi connectivity index (χ3n) is 4.54. The van der Waals surface area contributed by atoms with E-state index in [-0.39, 0.29) is 5.56 Å². The fraction of sp³-hybridized carbons (Fsp3) is 0.167. The van der Waals surface area contributed by atoms with E-state index < -0.39 is 0 Å². The fourth-order valence-electron chi connectivity index (χ4n) is 3.09. The van der Waals surface area contributed by atoms with E-state index in [0.717, 1.165) is 34.2 Å². The topological polar surface area (TPSA) is 44.1 Å². The van der Waals surface area contributed by atoms with E-state index in [2.05, 4.69) is 0 Å². The van der Waals surface area contributed by atoms with Crippen molar-refractivity contribution in [3.8, 4) is 5.75 Å². The van der Waals surface area contributed by atoms with Crippen molar-refractivity contribution in [1.29, 1.82) is 0 Å². The van der Waals surface area contributed by atoms with Gasteiger partial charge < -0.3 is 4.74 Å². The largest absolute Gasteiger partial charge is 0.494 e. The first kappa shape index (κ1) is 19.3. The lowest BCUT2D eigenvalue weighted by Gasteiger charge is -2.13. The van der Waals surface area contributed by atoms with Crippen LogP contribution in [0.3, 0.4) is 0 Å². The minimum atomic E-state index is 0.00230. The van der Waals surface area contributed by atoms with Crippen molar-refractivity contribution in [2.24, 2.45) is 0 Å². The molecule has 0 fully saturated rings. The van der Waals surface area contributed by atoms with Crippen molar-refractivity contribution < 1.29 is 4.74 Å². The third kappa shape index (κ3) is 4.87. The van der Waals surface area contributed by atoms with E-state index in [1.165, 1.54) is 0 Å². The number of fused-ring (bicyclic) bond motifs is 1. The molecule has 0 atom stereocenters. The molecular weight excluding hydrogens is 380 g/mol. The SMILES string of the molecule is O=c1c2ccccc2nc(SCCCOc2ccccc2)n1Cc1ccccc1. The van der Waals surface area contributed by atoms with Gasteiger partial charge in [-0.3, -0.25) is 9.36 Å². The molecule has 1 heterocycles. The van der Waals surface area contributed by atoms with Gasteiger partial charge in [0.05, 0.1) is 24.1 Å². The standard InChI is InChI=1S/C24H22N2O2S/c27-23-21-14-7-8-15-22(21)25-24(26(23)18-19-10-3-1-4-11-19)29-17-9-16-28-20-12-5-2-6-13-20/h1-8,10-15H,9,16-18H2. The predicted octanol–water partition coefficient (Wildman–Crippen LogP) is 5.01. The summed E-state index contributed by atoms with van der Waals surface area (Å²) in [5.41, 5.74) is 1.83. The highest BCUT2D eigenvalue weighted by atomic mass is 32.2.